The van der Waals surface area contributed by atoms with Crippen LogP contribution >= 0.6 is 11.3 Å². The van der Waals surface area contributed by atoms with Crippen LogP contribution in [0.15, 0.2) is 76.1 Å². The Morgan fingerprint density at radius 2 is 1.87 bits per heavy atom. The molecule has 0 atom stereocenters. The maximum absolute atomic E-state index is 12.3. The molecular formula is C16H13N3O2S2. The highest BCUT2D eigenvalue weighted by molar-refractivity contribution is 7.92. The van der Waals surface area contributed by atoms with Gasteiger partial charge in [-0.05, 0) is 47.8 Å². The quantitative estimate of drug-likeness (QED) is 0.718. The maximum atomic E-state index is 12.3. The van der Waals surface area contributed by atoms with Gasteiger partial charge in [0.2, 0.25) is 0 Å². The van der Waals surface area contributed by atoms with Gasteiger partial charge in [-0.1, -0.05) is 12.1 Å². The van der Waals surface area contributed by atoms with E-state index in [2.05, 4.69) is 14.7 Å². The third kappa shape index (κ3) is 4.02. The highest BCUT2D eigenvalue weighted by Gasteiger charge is 2.14. The molecule has 0 bridgehead atoms. The van der Waals surface area contributed by atoms with Crippen molar-refractivity contribution in [2.45, 2.75) is 4.90 Å². The second-order valence-electron chi connectivity index (χ2n) is 4.59. The zero-order chi connectivity index (χ0) is 16.1. The molecule has 116 valence electrons. The molecule has 1 N–H and O–H groups in total. The van der Waals surface area contributed by atoms with Crippen molar-refractivity contribution >= 4 is 39.1 Å². The van der Waals surface area contributed by atoms with Gasteiger partial charge in [-0.25, -0.2) is 13.4 Å². The number of nitrogens with one attached hydrogen (secondary N) is 1. The molecule has 0 aliphatic rings. The van der Waals surface area contributed by atoms with Gasteiger partial charge in [0.05, 0.1) is 10.6 Å². The number of hydrogen-bond donors (Lipinski definition) is 1. The van der Waals surface area contributed by atoms with Crippen molar-refractivity contribution in [1.29, 1.82) is 0 Å². The van der Waals surface area contributed by atoms with Gasteiger partial charge in [0, 0.05) is 17.3 Å². The lowest BCUT2D eigenvalue weighted by atomic mass is 10.3. The van der Waals surface area contributed by atoms with E-state index in [4.69, 9.17) is 0 Å². The maximum Gasteiger partial charge on any atom is 0.263 e. The van der Waals surface area contributed by atoms with E-state index in [-0.39, 0.29) is 10.7 Å². The molecule has 0 unspecified atom stereocenters. The Hall–Kier alpha value is -2.51. The van der Waals surface area contributed by atoms with Crippen LogP contribution in [0.3, 0.4) is 0 Å². The summed E-state index contributed by atoms with van der Waals surface area (Å²) in [6.45, 7) is 0. The van der Waals surface area contributed by atoms with E-state index in [9.17, 15) is 8.42 Å². The molecule has 0 fully saturated rings. The molecule has 0 aliphatic carbocycles. The average molecular weight is 343 g/mol. The molecule has 0 saturated carbocycles. The second-order valence-corrected chi connectivity index (χ2v) is 7.25. The van der Waals surface area contributed by atoms with Crippen molar-refractivity contribution in [2.75, 3.05) is 4.72 Å². The van der Waals surface area contributed by atoms with Crippen LogP contribution in [-0.2, 0) is 10.0 Å². The number of sulfonamides is 1. The molecule has 0 spiro atoms. The molecule has 7 heteroatoms. The van der Waals surface area contributed by atoms with Crippen LogP contribution in [0.2, 0.25) is 0 Å². The lowest BCUT2D eigenvalue weighted by Crippen LogP contribution is -2.13. The number of pyridine rings is 1. The summed E-state index contributed by atoms with van der Waals surface area (Å²) < 4.78 is 27.0. The summed E-state index contributed by atoms with van der Waals surface area (Å²) in [5.74, 6) is 0.285. The van der Waals surface area contributed by atoms with Crippen LogP contribution < -0.4 is 4.72 Å². The Balaban J connectivity index is 1.76. The Bertz CT molecular complexity index is 888. The molecule has 1 aromatic carbocycles. The van der Waals surface area contributed by atoms with E-state index in [1.165, 1.54) is 18.3 Å². The molecule has 0 aliphatic heterocycles. The number of nitrogens with zero attached hydrogens (tertiary/aromatic N) is 2. The number of anilines is 1. The fourth-order valence-electron chi connectivity index (χ4n) is 1.83. The summed E-state index contributed by atoms with van der Waals surface area (Å²) in [7, 11) is -3.65. The van der Waals surface area contributed by atoms with Gasteiger partial charge in [0.15, 0.2) is 0 Å². The zero-order valence-corrected chi connectivity index (χ0v) is 13.6. The smallest absolute Gasteiger partial charge is 0.263 e. The number of aliphatic imine (C=N–C) groups is 1. The monoisotopic (exact) mass is 343 g/mol. The van der Waals surface area contributed by atoms with Crippen LogP contribution in [-0.4, -0.2) is 19.6 Å². The highest BCUT2D eigenvalue weighted by atomic mass is 32.2. The lowest BCUT2D eigenvalue weighted by Gasteiger charge is -2.07. The van der Waals surface area contributed by atoms with Gasteiger partial charge in [-0.15, -0.1) is 11.3 Å². The van der Waals surface area contributed by atoms with Crippen LogP contribution in [0.5, 0.6) is 0 Å². The van der Waals surface area contributed by atoms with E-state index >= 15 is 0 Å². The zero-order valence-electron chi connectivity index (χ0n) is 12.0. The van der Waals surface area contributed by atoms with Crippen molar-refractivity contribution in [3.05, 3.63) is 71.1 Å². The van der Waals surface area contributed by atoms with Gasteiger partial charge < -0.3 is 0 Å². The fourth-order valence-corrected chi connectivity index (χ4v) is 3.43. The first-order valence-electron chi connectivity index (χ1n) is 6.75. The van der Waals surface area contributed by atoms with Gasteiger partial charge in [0.25, 0.3) is 10.0 Å². The number of aromatic nitrogens is 1. The van der Waals surface area contributed by atoms with Crippen LogP contribution in [0, 0.1) is 0 Å². The second kappa shape index (κ2) is 6.72. The third-order valence-corrected chi connectivity index (χ3v) is 5.11. The SMILES string of the molecule is O=S(=O)(Nc1ccccn1)c1ccc(N=Cc2cccs2)cc1. The molecule has 0 radical (unpaired) electrons. The number of rotatable bonds is 5. The Kier molecular flexibility index (Phi) is 4.50. The standard InChI is InChI=1S/C16H13N3O2S2/c20-23(21,19-16-5-1-2-10-17-16)15-8-6-13(7-9-15)18-12-14-4-3-11-22-14/h1-12H,(H,17,19). The van der Waals surface area contributed by atoms with Crippen LogP contribution in [0.1, 0.15) is 4.88 Å². The summed E-state index contributed by atoms with van der Waals surface area (Å²) in [5, 5.41) is 1.97. The van der Waals surface area contributed by atoms with E-state index < -0.39 is 10.0 Å². The van der Waals surface area contributed by atoms with Crippen LogP contribution in [0.25, 0.3) is 0 Å². The van der Waals surface area contributed by atoms with Gasteiger partial charge in [-0.2, -0.15) is 0 Å². The normalized spacial score (nSPS) is 11.7. The predicted octanol–water partition coefficient (Wildman–Crippen LogP) is 3.69. The summed E-state index contributed by atoms with van der Waals surface area (Å²) in [6, 6.07) is 15.3. The van der Waals surface area contributed by atoms with E-state index in [0.29, 0.717) is 5.69 Å². The number of hydrogen-bond acceptors (Lipinski definition) is 5. The minimum absolute atomic E-state index is 0.165. The molecule has 2 heterocycles. The summed E-state index contributed by atoms with van der Waals surface area (Å²) in [5.41, 5.74) is 0.690. The molecule has 0 amide bonds. The van der Waals surface area contributed by atoms with Gasteiger partial charge in [0.1, 0.15) is 5.82 Å². The predicted molar refractivity (Wildman–Crippen MR) is 93.1 cm³/mol. The van der Waals surface area contributed by atoms with Crippen molar-refractivity contribution < 1.29 is 8.42 Å². The Morgan fingerprint density at radius 1 is 1.04 bits per heavy atom. The summed E-state index contributed by atoms with van der Waals surface area (Å²) in [4.78, 5) is 9.47. The van der Waals surface area contributed by atoms with Gasteiger partial charge in [-0.3, -0.25) is 9.71 Å². The van der Waals surface area contributed by atoms with E-state index in [1.807, 2.05) is 17.5 Å². The van der Waals surface area contributed by atoms with E-state index in [1.54, 1.807) is 47.9 Å². The highest BCUT2D eigenvalue weighted by Crippen LogP contribution is 2.19. The topological polar surface area (TPSA) is 71.4 Å². The van der Waals surface area contributed by atoms with Crippen molar-refractivity contribution in [3.8, 4) is 0 Å². The van der Waals surface area contributed by atoms with Crippen molar-refractivity contribution in [2.24, 2.45) is 4.99 Å². The molecular weight excluding hydrogens is 330 g/mol. The first-order valence-corrected chi connectivity index (χ1v) is 9.11. The lowest BCUT2D eigenvalue weighted by molar-refractivity contribution is 0.601. The Labute approximate surface area is 138 Å². The van der Waals surface area contributed by atoms with Crippen molar-refractivity contribution in [3.63, 3.8) is 0 Å². The number of benzene rings is 1. The summed E-state index contributed by atoms with van der Waals surface area (Å²) in [6.07, 6.45) is 3.28. The number of thiophene rings is 1. The molecule has 3 aromatic rings. The Morgan fingerprint density at radius 3 is 2.52 bits per heavy atom. The average Bonchev–Trinajstić information content (AvgIpc) is 3.07. The van der Waals surface area contributed by atoms with Crippen LogP contribution in [0.4, 0.5) is 11.5 Å². The third-order valence-electron chi connectivity index (χ3n) is 2.93. The van der Waals surface area contributed by atoms with Gasteiger partial charge >= 0.3 is 0 Å². The minimum atomic E-state index is -3.65. The molecule has 3 rings (SSSR count). The van der Waals surface area contributed by atoms with E-state index in [0.717, 1.165) is 4.88 Å². The molecule has 0 saturated heterocycles. The minimum Gasteiger partial charge on any atom is -0.263 e. The van der Waals surface area contributed by atoms with Crippen molar-refractivity contribution in [1.82, 2.24) is 4.98 Å². The first kappa shape index (κ1) is 15.4. The largest absolute Gasteiger partial charge is 0.263 e. The molecule has 2 aromatic heterocycles. The first-order chi connectivity index (χ1) is 11.1. The summed E-state index contributed by atoms with van der Waals surface area (Å²) >= 11 is 1.59. The molecule has 23 heavy (non-hydrogen) atoms. The fraction of sp³-hybridized carbons (Fsp3) is 0. The molecule has 5 nitrogen and oxygen atoms in total.